The number of aliphatic hydroxyl groups excluding tert-OH is 1. The van der Waals surface area contributed by atoms with Gasteiger partial charge in [-0.05, 0) is 34.9 Å². The zero-order valence-corrected chi connectivity index (χ0v) is 18.3. The molecule has 0 saturated carbocycles. The van der Waals surface area contributed by atoms with Gasteiger partial charge in [0.15, 0.2) is 0 Å². The van der Waals surface area contributed by atoms with Crippen LogP contribution in [0, 0.1) is 0 Å². The molecule has 0 bridgehead atoms. The Balaban J connectivity index is 1.37. The molecule has 0 unspecified atom stereocenters. The topological polar surface area (TPSA) is 54.8 Å². The first-order chi connectivity index (χ1) is 16.2. The molecule has 4 aromatic rings. The van der Waals surface area contributed by atoms with Crippen LogP contribution in [-0.2, 0) is 13.2 Å². The standard InChI is InChI=1S/C28H26N2O3/c31-25-17-30(18-25)24-13-11-23(12-14-24)26-15-16-27(32-19-21-7-3-1-4-8-21)29-28(26)33-20-22-9-5-2-6-10-22/h1-16,25,31H,17-20H2. The van der Waals surface area contributed by atoms with Crippen LogP contribution in [0.5, 0.6) is 11.8 Å². The second kappa shape index (κ2) is 9.76. The second-order valence-electron chi connectivity index (χ2n) is 8.16. The highest BCUT2D eigenvalue weighted by molar-refractivity contribution is 5.71. The highest BCUT2D eigenvalue weighted by Gasteiger charge is 2.24. The molecule has 2 heterocycles. The van der Waals surface area contributed by atoms with Gasteiger partial charge >= 0.3 is 0 Å². The van der Waals surface area contributed by atoms with Gasteiger partial charge in [0.2, 0.25) is 11.8 Å². The van der Waals surface area contributed by atoms with E-state index < -0.39 is 0 Å². The molecule has 1 aliphatic heterocycles. The number of pyridine rings is 1. The summed E-state index contributed by atoms with van der Waals surface area (Å²) in [5, 5.41) is 9.57. The second-order valence-corrected chi connectivity index (χ2v) is 8.16. The van der Waals surface area contributed by atoms with Crippen molar-refractivity contribution in [1.82, 2.24) is 4.98 Å². The zero-order valence-electron chi connectivity index (χ0n) is 18.3. The van der Waals surface area contributed by atoms with Gasteiger partial charge in [0.05, 0.1) is 6.10 Å². The van der Waals surface area contributed by atoms with E-state index in [0.717, 1.165) is 27.9 Å². The normalized spacial score (nSPS) is 13.4. The molecule has 3 aromatic carbocycles. The summed E-state index contributed by atoms with van der Waals surface area (Å²) in [5.74, 6) is 1.06. The maximum absolute atomic E-state index is 9.57. The van der Waals surface area contributed by atoms with Crippen molar-refractivity contribution in [3.63, 3.8) is 0 Å². The maximum Gasteiger partial charge on any atom is 0.225 e. The molecule has 166 valence electrons. The molecule has 5 rings (SSSR count). The third-order valence-corrected chi connectivity index (χ3v) is 5.69. The van der Waals surface area contributed by atoms with E-state index in [4.69, 9.17) is 9.47 Å². The lowest BCUT2D eigenvalue weighted by atomic mass is 10.0. The Labute approximate surface area is 193 Å². The Morgan fingerprint density at radius 3 is 1.94 bits per heavy atom. The van der Waals surface area contributed by atoms with Gasteiger partial charge in [0.25, 0.3) is 0 Å². The lowest BCUT2D eigenvalue weighted by Crippen LogP contribution is -2.50. The summed E-state index contributed by atoms with van der Waals surface area (Å²) in [7, 11) is 0. The van der Waals surface area contributed by atoms with E-state index >= 15 is 0 Å². The van der Waals surface area contributed by atoms with Crippen LogP contribution >= 0.6 is 0 Å². The number of benzene rings is 3. The number of nitrogens with zero attached hydrogens (tertiary/aromatic N) is 2. The molecule has 5 heteroatoms. The van der Waals surface area contributed by atoms with E-state index in [9.17, 15) is 5.11 Å². The van der Waals surface area contributed by atoms with E-state index in [1.807, 2.05) is 72.8 Å². The fourth-order valence-corrected chi connectivity index (χ4v) is 3.81. The number of hydrogen-bond donors (Lipinski definition) is 1. The van der Waals surface area contributed by atoms with Crippen LogP contribution in [0.25, 0.3) is 11.1 Å². The number of anilines is 1. The van der Waals surface area contributed by atoms with Crippen LogP contribution in [0.3, 0.4) is 0 Å². The Morgan fingerprint density at radius 2 is 1.33 bits per heavy atom. The van der Waals surface area contributed by atoms with E-state index in [1.54, 1.807) is 0 Å². The highest BCUT2D eigenvalue weighted by atomic mass is 16.5. The minimum Gasteiger partial charge on any atom is -0.473 e. The van der Waals surface area contributed by atoms with E-state index in [0.29, 0.717) is 38.1 Å². The lowest BCUT2D eigenvalue weighted by Gasteiger charge is -2.37. The van der Waals surface area contributed by atoms with Gasteiger partial charge in [-0.2, -0.15) is 4.98 Å². The number of hydrogen-bond acceptors (Lipinski definition) is 5. The highest BCUT2D eigenvalue weighted by Crippen LogP contribution is 2.33. The summed E-state index contributed by atoms with van der Waals surface area (Å²) in [6.07, 6.45) is -0.227. The summed E-state index contributed by atoms with van der Waals surface area (Å²) in [5.41, 5.74) is 5.19. The Hall–Kier alpha value is -3.83. The van der Waals surface area contributed by atoms with Gasteiger partial charge < -0.3 is 19.5 Å². The lowest BCUT2D eigenvalue weighted by molar-refractivity contribution is 0.142. The molecule has 1 aliphatic rings. The van der Waals surface area contributed by atoms with Crippen molar-refractivity contribution in [3.05, 3.63) is 108 Å². The average molecular weight is 439 g/mol. The molecular weight excluding hydrogens is 412 g/mol. The minimum atomic E-state index is -0.227. The van der Waals surface area contributed by atoms with Crippen molar-refractivity contribution in [2.24, 2.45) is 0 Å². The van der Waals surface area contributed by atoms with E-state index in [2.05, 4.69) is 34.1 Å². The molecule has 1 fully saturated rings. The van der Waals surface area contributed by atoms with Crippen LogP contribution in [0.2, 0.25) is 0 Å². The minimum absolute atomic E-state index is 0.227. The van der Waals surface area contributed by atoms with Crippen molar-refractivity contribution in [1.29, 1.82) is 0 Å². The average Bonchev–Trinajstić information content (AvgIpc) is 2.86. The van der Waals surface area contributed by atoms with Crippen LogP contribution in [-0.4, -0.2) is 29.3 Å². The van der Waals surface area contributed by atoms with E-state index in [-0.39, 0.29) is 6.10 Å². The quantitative estimate of drug-likeness (QED) is 0.415. The Bertz CT molecular complexity index is 1170. The molecule has 5 nitrogen and oxygen atoms in total. The van der Waals surface area contributed by atoms with Crippen LogP contribution < -0.4 is 14.4 Å². The zero-order chi connectivity index (χ0) is 22.5. The predicted octanol–water partition coefficient (Wildman–Crippen LogP) is 5.09. The molecule has 1 saturated heterocycles. The number of aromatic nitrogens is 1. The van der Waals surface area contributed by atoms with Gasteiger partial charge in [0, 0.05) is 30.4 Å². The molecule has 0 aliphatic carbocycles. The maximum atomic E-state index is 9.57. The van der Waals surface area contributed by atoms with Gasteiger partial charge in [0.1, 0.15) is 13.2 Å². The summed E-state index contributed by atoms with van der Waals surface area (Å²) in [4.78, 5) is 6.84. The third-order valence-electron chi connectivity index (χ3n) is 5.69. The van der Waals surface area contributed by atoms with Crippen LogP contribution in [0.1, 0.15) is 11.1 Å². The largest absolute Gasteiger partial charge is 0.473 e. The monoisotopic (exact) mass is 438 g/mol. The number of aliphatic hydroxyl groups is 1. The number of ether oxygens (including phenoxy) is 2. The van der Waals surface area contributed by atoms with Crippen LogP contribution in [0.15, 0.2) is 97.1 Å². The molecule has 33 heavy (non-hydrogen) atoms. The van der Waals surface area contributed by atoms with Gasteiger partial charge in [-0.15, -0.1) is 0 Å². The van der Waals surface area contributed by atoms with Gasteiger partial charge in [-0.25, -0.2) is 0 Å². The summed E-state index contributed by atoms with van der Waals surface area (Å²) >= 11 is 0. The van der Waals surface area contributed by atoms with E-state index in [1.165, 1.54) is 0 Å². The molecule has 0 atom stereocenters. The first-order valence-corrected chi connectivity index (χ1v) is 11.1. The fraction of sp³-hybridized carbons (Fsp3) is 0.179. The molecule has 1 N–H and O–H groups in total. The van der Waals surface area contributed by atoms with Crippen molar-refractivity contribution in [2.75, 3.05) is 18.0 Å². The van der Waals surface area contributed by atoms with Crippen LogP contribution in [0.4, 0.5) is 5.69 Å². The SMILES string of the molecule is OC1CN(c2ccc(-c3ccc(OCc4ccccc4)nc3OCc3ccccc3)cc2)C1. The number of rotatable bonds is 8. The third kappa shape index (κ3) is 5.16. The molecule has 1 aromatic heterocycles. The Kier molecular flexibility index (Phi) is 6.22. The smallest absolute Gasteiger partial charge is 0.225 e. The first kappa shape index (κ1) is 21.0. The molecule has 0 radical (unpaired) electrons. The van der Waals surface area contributed by atoms with Crippen molar-refractivity contribution in [2.45, 2.75) is 19.3 Å². The number of β-amino-alcohol motifs (C(OH)–C–C–N with tert-alkyl or cyclic N) is 1. The summed E-state index contributed by atoms with van der Waals surface area (Å²) in [6.45, 7) is 2.23. The van der Waals surface area contributed by atoms with Crippen molar-refractivity contribution < 1.29 is 14.6 Å². The molecule has 0 amide bonds. The van der Waals surface area contributed by atoms with Crippen molar-refractivity contribution >= 4 is 5.69 Å². The molecule has 0 spiro atoms. The summed E-state index contributed by atoms with van der Waals surface area (Å²) in [6, 6.07) is 32.2. The fourth-order valence-electron chi connectivity index (χ4n) is 3.81. The Morgan fingerprint density at radius 1 is 0.727 bits per heavy atom. The van der Waals surface area contributed by atoms with Gasteiger partial charge in [-0.3, -0.25) is 0 Å². The first-order valence-electron chi connectivity index (χ1n) is 11.1. The van der Waals surface area contributed by atoms with Gasteiger partial charge in [-0.1, -0.05) is 72.8 Å². The summed E-state index contributed by atoms with van der Waals surface area (Å²) < 4.78 is 12.1. The molecular formula is C28H26N2O3. The predicted molar refractivity (Wildman–Crippen MR) is 129 cm³/mol. The van der Waals surface area contributed by atoms with Crippen molar-refractivity contribution in [3.8, 4) is 22.9 Å².